The molecule has 2 aromatic rings. The number of aliphatic hydroxyl groups excluding tert-OH is 1. The number of aromatic nitrogens is 1. The zero-order valence-corrected chi connectivity index (χ0v) is 12.5. The lowest BCUT2D eigenvalue weighted by Crippen LogP contribution is -2.46. The lowest BCUT2D eigenvalue weighted by Gasteiger charge is -2.31. The Balaban J connectivity index is 1.61. The fourth-order valence-corrected chi connectivity index (χ4v) is 3.36. The third-order valence-corrected chi connectivity index (χ3v) is 4.65. The summed E-state index contributed by atoms with van der Waals surface area (Å²) < 4.78 is 0. The average molecular weight is 288 g/mol. The molecule has 4 heteroatoms. The van der Waals surface area contributed by atoms with Gasteiger partial charge in [0.25, 0.3) is 0 Å². The first-order valence-corrected chi connectivity index (χ1v) is 7.72. The van der Waals surface area contributed by atoms with Crippen molar-refractivity contribution in [3.05, 3.63) is 36.0 Å². The fourth-order valence-electron chi connectivity index (χ4n) is 3.36. The van der Waals surface area contributed by atoms with Crippen LogP contribution >= 0.6 is 0 Å². The van der Waals surface area contributed by atoms with E-state index < -0.39 is 11.7 Å². The lowest BCUT2D eigenvalue weighted by atomic mass is 9.94. The molecule has 1 aromatic heterocycles. The van der Waals surface area contributed by atoms with Crippen LogP contribution in [0.3, 0.4) is 0 Å². The van der Waals surface area contributed by atoms with Gasteiger partial charge < -0.3 is 15.2 Å². The predicted molar refractivity (Wildman–Crippen MR) is 84.1 cm³/mol. The van der Waals surface area contributed by atoms with Gasteiger partial charge in [-0.05, 0) is 43.0 Å². The van der Waals surface area contributed by atoms with Crippen LogP contribution in [0.15, 0.2) is 30.5 Å². The quantitative estimate of drug-likeness (QED) is 0.791. The van der Waals surface area contributed by atoms with Gasteiger partial charge in [0.15, 0.2) is 0 Å². The number of aromatic amines is 1. The van der Waals surface area contributed by atoms with Crippen LogP contribution in [-0.4, -0.2) is 45.4 Å². The van der Waals surface area contributed by atoms with Gasteiger partial charge >= 0.3 is 0 Å². The van der Waals surface area contributed by atoms with Crippen LogP contribution in [0.1, 0.15) is 31.2 Å². The number of aliphatic hydroxyl groups is 2. The zero-order chi connectivity index (χ0) is 14.9. The van der Waals surface area contributed by atoms with E-state index >= 15 is 0 Å². The number of rotatable bonds is 5. The van der Waals surface area contributed by atoms with Crippen molar-refractivity contribution in [3.8, 4) is 0 Å². The summed E-state index contributed by atoms with van der Waals surface area (Å²) in [5.74, 6) is 0. The van der Waals surface area contributed by atoms with Crippen molar-refractivity contribution >= 4 is 10.9 Å². The third-order valence-electron chi connectivity index (χ3n) is 4.65. The first-order chi connectivity index (χ1) is 10.1. The number of H-pyrrole nitrogens is 1. The van der Waals surface area contributed by atoms with Crippen molar-refractivity contribution in [3.63, 3.8) is 0 Å². The second kappa shape index (κ2) is 5.79. The highest BCUT2D eigenvalue weighted by atomic mass is 16.3. The highest BCUT2D eigenvalue weighted by molar-refractivity contribution is 5.79. The van der Waals surface area contributed by atoms with Gasteiger partial charge in [0.1, 0.15) is 0 Å². The van der Waals surface area contributed by atoms with E-state index in [0.717, 1.165) is 37.7 Å². The number of hydrogen-bond donors (Lipinski definition) is 3. The Labute approximate surface area is 125 Å². The number of fused-ring (bicyclic) bond motifs is 1. The molecule has 0 bridgehead atoms. The minimum Gasteiger partial charge on any atom is -0.389 e. The van der Waals surface area contributed by atoms with Gasteiger partial charge in [0, 0.05) is 24.8 Å². The van der Waals surface area contributed by atoms with Gasteiger partial charge in [-0.3, -0.25) is 4.90 Å². The van der Waals surface area contributed by atoms with E-state index in [-0.39, 0.29) is 0 Å². The molecule has 1 heterocycles. The first kappa shape index (κ1) is 14.6. The number of benzene rings is 1. The van der Waals surface area contributed by atoms with Crippen molar-refractivity contribution in [1.82, 2.24) is 9.88 Å². The van der Waals surface area contributed by atoms with E-state index in [9.17, 15) is 10.2 Å². The minimum atomic E-state index is -0.877. The molecule has 114 valence electrons. The molecule has 1 atom stereocenters. The number of hydrogen-bond acceptors (Lipinski definition) is 3. The molecule has 1 saturated carbocycles. The van der Waals surface area contributed by atoms with E-state index in [4.69, 9.17) is 0 Å². The molecule has 0 aliphatic heterocycles. The van der Waals surface area contributed by atoms with Crippen LogP contribution in [-0.2, 0) is 6.54 Å². The molecular formula is C17H24N2O2. The van der Waals surface area contributed by atoms with Crippen molar-refractivity contribution in [2.45, 2.75) is 43.9 Å². The van der Waals surface area contributed by atoms with Gasteiger partial charge in [-0.25, -0.2) is 0 Å². The summed E-state index contributed by atoms with van der Waals surface area (Å²) in [6.45, 7) is 1.27. The van der Waals surface area contributed by atoms with Gasteiger partial charge in [-0.2, -0.15) is 0 Å². The SMILES string of the molecule is CN(Cc1ccc2cc[nH]c2c1)CC(O)C1(O)CCCC1. The molecule has 1 aromatic carbocycles. The van der Waals surface area contributed by atoms with Gasteiger partial charge in [-0.1, -0.05) is 25.0 Å². The normalized spacial score (nSPS) is 19.4. The van der Waals surface area contributed by atoms with Crippen LogP contribution in [0.2, 0.25) is 0 Å². The van der Waals surface area contributed by atoms with Gasteiger partial charge in [0.2, 0.25) is 0 Å². The van der Waals surface area contributed by atoms with E-state index in [0.29, 0.717) is 6.54 Å². The molecule has 1 fully saturated rings. The Bertz CT molecular complexity index is 602. The molecule has 0 amide bonds. The maximum absolute atomic E-state index is 10.4. The van der Waals surface area contributed by atoms with E-state index in [1.165, 1.54) is 10.9 Å². The molecule has 0 radical (unpaired) electrons. The lowest BCUT2D eigenvalue weighted by molar-refractivity contribution is -0.0800. The smallest absolute Gasteiger partial charge is 0.0953 e. The molecule has 1 unspecified atom stereocenters. The molecule has 0 spiro atoms. The summed E-state index contributed by atoms with van der Waals surface area (Å²) in [6, 6.07) is 8.42. The van der Waals surface area contributed by atoms with Crippen LogP contribution in [0.25, 0.3) is 10.9 Å². The van der Waals surface area contributed by atoms with E-state index in [1.54, 1.807) is 0 Å². The monoisotopic (exact) mass is 288 g/mol. The van der Waals surface area contributed by atoms with Gasteiger partial charge in [0.05, 0.1) is 11.7 Å². The van der Waals surface area contributed by atoms with Crippen LogP contribution in [0, 0.1) is 0 Å². The second-order valence-corrected chi connectivity index (χ2v) is 6.42. The number of likely N-dealkylation sites (N-methyl/N-ethyl adjacent to an activating group) is 1. The summed E-state index contributed by atoms with van der Waals surface area (Å²) in [6.07, 6.45) is 4.74. The highest BCUT2D eigenvalue weighted by Gasteiger charge is 2.38. The van der Waals surface area contributed by atoms with Crippen LogP contribution < -0.4 is 0 Å². The predicted octanol–water partition coefficient (Wildman–Crippen LogP) is 2.27. The topological polar surface area (TPSA) is 59.5 Å². The average Bonchev–Trinajstić information content (AvgIpc) is 3.07. The van der Waals surface area contributed by atoms with Crippen LogP contribution in [0.4, 0.5) is 0 Å². The first-order valence-electron chi connectivity index (χ1n) is 7.72. The van der Waals surface area contributed by atoms with Gasteiger partial charge in [-0.15, -0.1) is 0 Å². The number of nitrogens with one attached hydrogen (secondary N) is 1. The van der Waals surface area contributed by atoms with Crippen LogP contribution in [0.5, 0.6) is 0 Å². The van der Waals surface area contributed by atoms with Crippen molar-refractivity contribution in [1.29, 1.82) is 0 Å². The van der Waals surface area contributed by atoms with E-state index in [1.807, 2.05) is 13.2 Å². The zero-order valence-electron chi connectivity index (χ0n) is 12.5. The maximum Gasteiger partial charge on any atom is 0.0953 e. The molecule has 1 aliphatic carbocycles. The van der Waals surface area contributed by atoms with E-state index in [2.05, 4.69) is 34.1 Å². The maximum atomic E-state index is 10.4. The largest absolute Gasteiger partial charge is 0.389 e. The molecular weight excluding hydrogens is 264 g/mol. The molecule has 21 heavy (non-hydrogen) atoms. The summed E-state index contributed by atoms with van der Waals surface area (Å²) in [7, 11) is 1.99. The van der Waals surface area contributed by atoms with Crippen molar-refractivity contribution in [2.24, 2.45) is 0 Å². The summed E-state index contributed by atoms with van der Waals surface area (Å²) in [4.78, 5) is 5.29. The number of nitrogens with zero attached hydrogens (tertiary/aromatic N) is 1. The Morgan fingerprint density at radius 3 is 2.81 bits per heavy atom. The molecule has 0 saturated heterocycles. The highest BCUT2D eigenvalue weighted by Crippen LogP contribution is 2.32. The Kier molecular flexibility index (Phi) is 4.02. The third kappa shape index (κ3) is 3.12. The fraction of sp³-hybridized carbons (Fsp3) is 0.529. The Morgan fingerprint density at radius 2 is 2.05 bits per heavy atom. The second-order valence-electron chi connectivity index (χ2n) is 6.42. The van der Waals surface area contributed by atoms with Crippen molar-refractivity contribution in [2.75, 3.05) is 13.6 Å². The minimum absolute atomic E-state index is 0.499. The molecule has 3 rings (SSSR count). The Morgan fingerprint density at radius 1 is 1.29 bits per heavy atom. The van der Waals surface area contributed by atoms with Crippen molar-refractivity contribution < 1.29 is 10.2 Å². The molecule has 4 nitrogen and oxygen atoms in total. The summed E-state index contributed by atoms with van der Waals surface area (Å²) >= 11 is 0. The Hall–Kier alpha value is -1.36. The standard InChI is InChI=1S/C17H24N2O2/c1-19(12-16(20)17(21)7-2-3-8-17)11-13-4-5-14-6-9-18-15(14)10-13/h4-6,9-10,16,18,20-21H,2-3,7-8,11-12H2,1H3. The molecule has 1 aliphatic rings. The molecule has 3 N–H and O–H groups in total. The summed E-state index contributed by atoms with van der Waals surface area (Å²) in [5.41, 5.74) is 1.46. The summed E-state index contributed by atoms with van der Waals surface area (Å²) in [5, 5.41) is 21.9.